The van der Waals surface area contributed by atoms with Gasteiger partial charge in [-0.2, -0.15) is 0 Å². The highest BCUT2D eigenvalue weighted by Crippen LogP contribution is 2.42. The predicted octanol–water partition coefficient (Wildman–Crippen LogP) is 11.2. The Kier molecular flexibility index (Phi) is 7.25. The van der Waals surface area contributed by atoms with E-state index in [4.69, 9.17) is 4.42 Å². The Bertz CT molecular complexity index is 3410. The van der Waals surface area contributed by atoms with Crippen LogP contribution in [-0.4, -0.2) is 17.2 Å². The maximum atomic E-state index is 6.37. The molecule has 0 radical (unpaired) electrons. The van der Waals surface area contributed by atoms with Gasteiger partial charge in [0.25, 0.3) is 0 Å². The molecule has 0 aliphatic heterocycles. The second-order valence-electron chi connectivity index (χ2n) is 15.2. The van der Waals surface area contributed by atoms with Crippen molar-refractivity contribution in [2.45, 2.75) is 0 Å². The van der Waals surface area contributed by atoms with Crippen LogP contribution in [0.25, 0.3) is 76.9 Å². The Morgan fingerprint density at radius 3 is 1.48 bits per heavy atom. The van der Waals surface area contributed by atoms with Crippen molar-refractivity contribution in [2.75, 3.05) is 0 Å². The molecule has 0 bridgehead atoms. The number of furan rings is 1. The molecule has 3 nitrogen and oxygen atoms in total. The van der Waals surface area contributed by atoms with Gasteiger partial charge in [-0.25, -0.2) is 0 Å². The fourth-order valence-electron chi connectivity index (χ4n) is 9.87. The number of hydrogen-bond acceptors (Lipinski definition) is 1. The predicted molar refractivity (Wildman–Crippen MR) is 246 cm³/mol. The number of fused-ring (bicyclic) bond motifs is 10. The van der Waals surface area contributed by atoms with Gasteiger partial charge in [-0.3, -0.25) is 0 Å². The summed E-state index contributed by atoms with van der Waals surface area (Å²) in [5.74, 6) is 0. The Morgan fingerprint density at radius 1 is 0.293 bits per heavy atom. The summed E-state index contributed by atoms with van der Waals surface area (Å²) in [4.78, 5) is 0. The third kappa shape index (κ3) is 4.67. The molecule has 9 aromatic carbocycles. The van der Waals surface area contributed by atoms with Crippen molar-refractivity contribution in [1.29, 1.82) is 0 Å². The summed E-state index contributed by atoms with van der Waals surface area (Å²) in [6.07, 6.45) is 0. The molecular formula is C54H36N2OSi. The lowest BCUT2D eigenvalue weighted by Gasteiger charge is -2.34. The second-order valence-corrected chi connectivity index (χ2v) is 19.0. The number of hydrogen-bond donors (Lipinski definition) is 0. The molecule has 272 valence electrons. The van der Waals surface area contributed by atoms with Gasteiger partial charge in [-0.1, -0.05) is 158 Å². The Morgan fingerprint density at radius 2 is 0.793 bits per heavy atom. The average Bonchev–Trinajstić information content (AvgIpc) is 3.95. The highest BCUT2D eigenvalue weighted by atomic mass is 28.3. The van der Waals surface area contributed by atoms with Gasteiger partial charge >= 0.3 is 0 Å². The van der Waals surface area contributed by atoms with Gasteiger partial charge in [-0.05, 0) is 81.4 Å². The normalized spacial score (nSPS) is 12.1. The summed E-state index contributed by atoms with van der Waals surface area (Å²) in [6, 6.07) is 80.2. The van der Waals surface area contributed by atoms with E-state index in [0.717, 1.165) is 27.9 Å². The van der Waals surface area contributed by atoms with Gasteiger partial charge < -0.3 is 13.6 Å². The average molecular weight is 757 g/mol. The number of benzene rings is 9. The molecule has 3 aromatic heterocycles. The minimum absolute atomic E-state index is 0.913. The standard InChI is InChI=1S/C54H36N2OSi/c1-4-18-39(19-5-1)58(40-20-6-2-7-21-40,41-22-8-3-9-23-41)42-24-16-17-37(35-42)55-47-28-13-10-25-43(47)46-36-38(31-32-49(46)55)56-48-29-14-11-26-44(48)53-50(56)33-34-52-54(53)45-27-12-15-30-51(45)57-52/h1-36H. The fourth-order valence-corrected chi connectivity index (χ4v) is 14.7. The third-order valence-corrected chi connectivity index (χ3v) is 17.0. The van der Waals surface area contributed by atoms with Crippen LogP contribution < -0.4 is 20.7 Å². The highest BCUT2D eigenvalue weighted by Gasteiger charge is 2.41. The summed E-state index contributed by atoms with van der Waals surface area (Å²) in [5.41, 5.74) is 8.82. The molecule has 0 saturated carbocycles. The zero-order valence-corrected chi connectivity index (χ0v) is 32.6. The maximum Gasteiger partial charge on any atom is 0.179 e. The molecule has 0 aliphatic carbocycles. The van der Waals surface area contributed by atoms with Crippen molar-refractivity contribution in [3.05, 3.63) is 218 Å². The first-order chi connectivity index (χ1) is 28.8. The van der Waals surface area contributed by atoms with Crippen LogP contribution in [0.1, 0.15) is 0 Å². The first kappa shape index (κ1) is 32.8. The van der Waals surface area contributed by atoms with E-state index in [9.17, 15) is 0 Å². The molecule has 0 saturated heterocycles. The number of rotatable bonds is 6. The van der Waals surface area contributed by atoms with Gasteiger partial charge in [0.05, 0.1) is 22.1 Å². The molecule has 12 rings (SSSR count). The molecule has 0 amide bonds. The topological polar surface area (TPSA) is 23.0 Å². The van der Waals surface area contributed by atoms with Crippen LogP contribution in [0, 0.1) is 0 Å². The van der Waals surface area contributed by atoms with Gasteiger partial charge in [0.15, 0.2) is 8.07 Å². The largest absolute Gasteiger partial charge is 0.456 e. The Balaban J connectivity index is 1.10. The summed E-state index contributed by atoms with van der Waals surface area (Å²) in [5, 5.41) is 12.6. The van der Waals surface area contributed by atoms with Crippen LogP contribution >= 0.6 is 0 Å². The van der Waals surface area contributed by atoms with E-state index in [1.54, 1.807) is 0 Å². The molecule has 3 heterocycles. The zero-order valence-electron chi connectivity index (χ0n) is 31.6. The number of aromatic nitrogens is 2. The van der Waals surface area contributed by atoms with Crippen molar-refractivity contribution >= 4 is 94.4 Å². The van der Waals surface area contributed by atoms with Crippen LogP contribution in [0.4, 0.5) is 0 Å². The lowest BCUT2D eigenvalue weighted by atomic mass is 10.1. The lowest BCUT2D eigenvalue weighted by molar-refractivity contribution is 0.669. The summed E-state index contributed by atoms with van der Waals surface area (Å²) in [6.45, 7) is 0. The van der Waals surface area contributed by atoms with E-state index in [0.29, 0.717) is 0 Å². The molecule has 0 aliphatic rings. The molecule has 0 spiro atoms. The fraction of sp³-hybridized carbons (Fsp3) is 0. The zero-order chi connectivity index (χ0) is 38.2. The van der Waals surface area contributed by atoms with Gasteiger partial charge in [-0.15, -0.1) is 0 Å². The molecule has 58 heavy (non-hydrogen) atoms. The Hall–Kier alpha value is -7.40. The first-order valence-corrected chi connectivity index (χ1v) is 21.9. The van der Waals surface area contributed by atoms with Gasteiger partial charge in [0.1, 0.15) is 11.2 Å². The van der Waals surface area contributed by atoms with E-state index < -0.39 is 8.07 Å². The molecule has 0 unspecified atom stereocenters. The quantitative estimate of drug-likeness (QED) is 0.122. The summed E-state index contributed by atoms with van der Waals surface area (Å²) in [7, 11) is -2.73. The molecule has 4 heteroatoms. The van der Waals surface area contributed by atoms with Gasteiger partial charge in [0.2, 0.25) is 0 Å². The summed E-state index contributed by atoms with van der Waals surface area (Å²) >= 11 is 0. The monoisotopic (exact) mass is 756 g/mol. The van der Waals surface area contributed by atoms with Crippen molar-refractivity contribution in [1.82, 2.24) is 9.13 Å². The third-order valence-electron chi connectivity index (χ3n) is 12.2. The van der Waals surface area contributed by atoms with Crippen LogP contribution in [0.5, 0.6) is 0 Å². The lowest BCUT2D eigenvalue weighted by Crippen LogP contribution is -2.74. The van der Waals surface area contributed by atoms with Crippen molar-refractivity contribution < 1.29 is 4.42 Å². The van der Waals surface area contributed by atoms with E-state index in [1.807, 2.05) is 6.07 Å². The van der Waals surface area contributed by atoms with Gasteiger partial charge in [0, 0.05) is 43.7 Å². The molecule has 12 aromatic rings. The molecule has 0 fully saturated rings. The SMILES string of the molecule is c1ccc([Si](c2ccccc2)(c2ccccc2)c2cccc(-n3c4ccccc4c4cc(-n5c6ccccc6c6c7c(ccc65)oc5ccccc57)ccc43)c2)cc1. The Labute approximate surface area is 336 Å². The van der Waals surface area contributed by atoms with E-state index in [2.05, 4.69) is 221 Å². The molecular weight excluding hydrogens is 721 g/mol. The smallest absolute Gasteiger partial charge is 0.179 e. The number of para-hydroxylation sites is 3. The minimum Gasteiger partial charge on any atom is -0.456 e. The number of nitrogens with zero attached hydrogens (tertiary/aromatic N) is 2. The first-order valence-electron chi connectivity index (χ1n) is 19.9. The maximum absolute atomic E-state index is 6.37. The van der Waals surface area contributed by atoms with Crippen molar-refractivity contribution in [2.24, 2.45) is 0 Å². The van der Waals surface area contributed by atoms with Crippen molar-refractivity contribution in [3.63, 3.8) is 0 Å². The molecule has 0 N–H and O–H groups in total. The van der Waals surface area contributed by atoms with E-state index in [1.165, 1.54) is 69.7 Å². The van der Waals surface area contributed by atoms with Crippen LogP contribution in [0.3, 0.4) is 0 Å². The summed E-state index contributed by atoms with van der Waals surface area (Å²) < 4.78 is 11.3. The second kappa shape index (κ2) is 12.8. The van der Waals surface area contributed by atoms with E-state index >= 15 is 0 Å². The molecule has 0 atom stereocenters. The van der Waals surface area contributed by atoms with Crippen molar-refractivity contribution in [3.8, 4) is 11.4 Å². The van der Waals surface area contributed by atoms with Crippen LogP contribution in [-0.2, 0) is 0 Å². The van der Waals surface area contributed by atoms with Crippen LogP contribution in [0.15, 0.2) is 223 Å². The highest BCUT2D eigenvalue weighted by molar-refractivity contribution is 7.19. The minimum atomic E-state index is -2.73. The van der Waals surface area contributed by atoms with E-state index in [-0.39, 0.29) is 0 Å². The van der Waals surface area contributed by atoms with Crippen LogP contribution in [0.2, 0.25) is 0 Å².